The monoisotopic (exact) mass is 465 g/mol. The van der Waals surface area contributed by atoms with Crippen molar-refractivity contribution in [3.8, 4) is 0 Å². The van der Waals surface area contributed by atoms with E-state index in [1.807, 2.05) is 20.8 Å². The number of carboxylic acid groups (broad SMARTS) is 1. The first-order valence-electron chi connectivity index (χ1n) is 11.1. The van der Waals surface area contributed by atoms with Gasteiger partial charge in [0, 0.05) is 36.8 Å². The zero-order valence-corrected chi connectivity index (χ0v) is 19.7. The first kappa shape index (κ1) is 24.3. The van der Waals surface area contributed by atoms with E-state index in [4.69, 9.17) is 16.3 Å². The molecule has 8 nitrogen and oxygen atoms in total. The lowest BCUT2D eigenvalue weighted by atomic mass is 10.0. The van der Waals surface area contributed by atoms with Crippen molar-refractivity contribution in [2.24, 2.45) is 0 Å². The van der Waals surface area contributed by atoms with E-state index in [2.05, 4.69) is 5.32 Å². The molecule has 1 aromatic rings. The fourth-order valence-electron chi connectivity index (χ4n) is 4.24. The van der Waals surface area contributed by atoms with Gasteiger partial charge in [0.25, 0.3) is 5.91 Å². The molecule has 1 aromatic carbocycles. The molecule has 32 heavy (non-hydrogen) atoms. The van der Waals surface area contributed by atoms with Crippen molar-refractivity contribution in [3.63, 3.8) is 0 Å². The van der Waals surface area contributed by atoms with Crippen LogP contribution >= 0.6 is 11.6 Å². The highest BCUT2D eigenvalue weighted by Gasteiger charge is 2.38. The number of carbonyl (C=O) groups is 3. The summed E-state index contributed by atoms with van der Waals surface area (Å²) in [5.74, 6) is -0.323. The Balaban J connectivity index is 1.69. The van der Waals surface area contributed by atoms with Crippen LogP contribution in [0.4, 0.5) is 4.79 Å². The standard InChI is InChI=1S/C23H32ClN3O5/c1-23(2,3)27(22(30)31)14-15-8-9-17(24)12-16(15)13-25-20(28)18-6-4-10-26(18)21(29)19-7-5-11-32-19/h8-9,12,18-19H,4-7,10-11,13-14H2,1-3H3,(H,25,28)(H,30,31)/t18-,19+/m0/s1. The molecule has 9 heteroatoms. The average molecular weight is 466 g/mol. The van der Waals surface area contributed by atoms with Crippen molar-refractivity contribution >= 4 is 29.5 Å². The molecular formula is C23H32ClN3O5. The number of rotatable bonds is 6. The first-order valence-corrected chi connectivity index (χ1v) is 11.4. The molecule has 0 spiro atoms. The quantitative estimate of drug-likeness (QED) is 0.670. The van der Waals surface area contributed by atoms with E-state index in [9.17, 15) is 19.5 Å². The van der Waals surface area contributed by atoms with E-state index in [0.29, 0.717) is 31.0 Å². The number of hydrogen-bond donors (Lipinski definition) is 2. The fraction of sp³-hybridized carbons (Fsp3) is 0.609. The Hall–Kier alpha value is -2.32. The molecule has 3 amide bonds. The topological polar surface area (TPSA) is 99.2 Å². The summed E-state index contributed by atoms with van der Waals surface area (Å²) in [7, 11) is 0. The van der Waals surface area contributed by atoms with E-state index >= 15 is 0 Å². The molecule has 0 unspecified atom stereocenters. The number of nitrogens with zero attached hydrogens (tertiary/aromatic N) is 2. The molecule has 2 heterocycles. The molecule has 0 bridgehead atoms. The average Bonchev–Trinajstić information content (AvgIpc) is 3.41. The minimum Gasteiger partial charge on any atom is -0.465 e. The Kier molecular flexibility index (Phi) is 7.67. The number of amides is 3. The van der Waals surface area contributed by atoms with Gasteiger partial charge in [0.05, 0.1) is 0 Å². The van der Waals surface area contributed by atoms with Crippen molar-refractivity contribution in [3.05, 3.63) is 34.3 Å². The van der Waals surface area contributed by atoms with Crippen LogP contribution in [0.5, 0.6) is 0 Å². The van der Waals surface area contributed by atoms with Gasteiger partial charge in [-0.1, -0.05) is 17.7 Å². The van der Waals surface area contributed by atoms with Gasteiger partial charge in [-0.05, 0) is 69.7 Å². The van der Waals surface area contributed by atoms with E-state index in [1.54, 1.807) is 23.1 Å². The molecule has 3 rings (SSSR count). The summed E-state index contributed by atoms with van der Waals surface area (Å²) in [5.41, 5.74) is 0.932. The molecular weight excluding hydrogens is 434 g/mol. The summed E-state index contributed by atoms with van der Waals surface area (Å²) in [6, 6.07) is 4.72. The number of hydrogen-bond acceptors (Lipinski definition) is 4. The Labute approximate surface area is 193 Å². The molecule has 2 saturated heterocycles. The van der Waals surface area contributed by atoms with E-state index in [-0.39, 0.29) is 24.9 Å². The molecule has 2 atom stereocenters. The maximum Gasteiger partial charge on any atom is 0.408 e. The van der Waals surface area contributed by atoms with Gasteiger partial charge in [-0.25, -0.2) is 4.79 Å². The lowest BCUT2D eigenvalue weighted by Gasteiger charge is -2.33. The van der Waals surface area contributed by atoms with Gasteiger partial charge in [0.2, 0.25) is 5.91 Å². The van der Waals surface area contributed by atoms with Gasteiger partial charge in [0.1, 0.15) is 12.1 Å². The predicted molar refractivity (Wildman–Crippen MR) is 120 cm³/mol. The second-order valence-corrected chi connectivity index (χ2v) is 9.80. The van der Waals surface area contributed by atoms with Gasteiger partial charge in [-0.3, -0.25) is 14.5 Å². The highest BCUT2D eigenvalue weighted by atomic mass is 35.5. The van der Waals surface area contributed by atoms with Crippen LogP contribution in [0.2, 0.25) is 5.02 Å². The minimum absolute atomic E-state index is 0.106. The van der Waals surface area contributed by atoms with Crippen LogP contribution in [0.1, 0.15) is 57.6 Å². The molecule has 2 aliphatic rings. The van der Waals surface area contributed by atoms with Crippen LogP contribution in [-0.2, 0) is 27.4 Å². The number of nitrogens with one attached hydrogen (secondary N) is 1. The number of likely N-dealkylation sites (tertiary alicyclic amines) is 1. The SMILES string of the molecule is CC(C)(C)N(Cc1ccc(Cl)cc1CNC(=O)[C@@H]1CCCN1C(=O)[C@H]1CCCO1)C(=O)O. The molecule has 2 fully saturated rings. The van der Waals surface area contributed by atoms with Crippen molar-refractivity contribution in [1.29, 1.82) is 0 Å². The van der Waals surface area contributed by atoms with Crippen LogP contribution in [0.3, 0.4) is 0 Å². The Morgan fingerprint density at radius 1 is 1.22 bits per heavy atom. The summed E-state index contributed by atoms with van der Waals surface area (Å²) in [4.78, 5) is 40.5. The third-order valence-corrected chi connectivity index (χ3v) is 6.27. The van der Waals surface area contributed by atoms with Crippen LogP contribution in [-0.4, -0.2) is 63.7 Å². The molecule has 0 aromatic heterocycles. The smallest absolute Gasteiger partial charge is 0.408 e. The predicted octanol–water partition coefficient (Wildman–Crippen LogP) is 3.40. The molecule has 2 aliphatic heterocycles. The molecule has 176 valence electrons. The Morgan fingerprint density at radius 3 is 2.59 bits per heavy atom. The number of ether oxygens (including phenoxy) is 1. The minimum atomic E-state index is -1.02. The summed E-state index contributed by atoms with van der Waals surface area (Å²) in [5, 5.41) is 13.1. The lowest BCUT2D eigenvalue weighted by molar-refractivity contribution is -0.145. The third-order valence-electron chi connectivity index (χ3n) is 6.03. The summed E-state index contributed by atoms with van der Waals surface area (Å²) in [6.45, 7) is 7.01. The van der Waals surface area contributed by atoms with Crippen LogP contribution in [0.25, 0.3) is 0 Å². The highest BCUT2D eigenvalue weighted by Crippen LogP contribution is 2.25. The molecule has 0 saturated carbocycles. The normalized spacial score (nSPS) is 20.9. The number of benzene rings is 1. The first-order chi connectivity index (χ1) is 15.1. The summed E-state index contributed by atoms with van der Waals surface area (Å²) >= 11 is 6.18. The molecule has 0 radical (unpaired) electrons. The van der Waals surface area contributed by atoms with Gasteiger partial charge < -0.3 is 20.1 Å². The summed E-state index contributed by atoms with van der Waals surface area (Å²) in [6.07, 6.45) is 1.49. The van der Waals surface area contributed by atoms with E-state index < -0.39 is 23.8 Å². The van der Waals surface area contributed by atoms with E-state index in [1.165, 1.54) is 4.90 Å². The van der Waals surface area contributed by atoms with Crippen molar-refractivity contribution < 1.29 is 24.2 Å². The largest absolute Gasteiger partial charge is 0.465 e. The van der Waals surface area contributed by atoms with Gasteiger partial charge in [0.15, 0.2) is 0 Å². The number of carbonyl (C=O) groups excluding carboxylic acids is 2. The molecule has 2 N–H and O–H groups in total. The van der Waals surface area contributed by atoms with Crippen molar-refractivity contribution in [1.82, 2.24) is 15.1 Å². The maximum absolute atomic E-state index is 13.0. The maximum atomic E-state index is 13.0. The lowest BCUT2D eigenvalue weighted by Crippen LogP contribution is -2.49. The van der Waals surface area contributed by atoms with E-state index in [0.717, 1.165) is 24.0 Å². The van der Waals surface area contributed by atoms with Crippen LogP contribution in [0, 0.1) is 0 Å². The number of halogens is 1. The van der Waals surface area contributed by atoms with Crippen LogP contribution in [0.15, 0.2) is 18.2 Å². The van der Waals surface area contributed by atoms with Crippen LogP contribution < -0.4 is 5.32 Å². The second-order valence-electron chi connectivity index (χ2n) is 9.36. The highest BCUT2D eigenvalue weighted by molar-refractivity contribution is 6.30. The van der Waals surface area contributed by atoms with Crippen molar-refractivity contribution in [2.75, 3.05) is 13.2 Å². The zero-order valence-electron chi connectivity index (χ0n) is 18.9. The van der Waals surface area contributed by atoms with Gasteiger partial charge in [-0.2, -0.15) is 0 Å². The zero-order chi connectivity index (χ0) is 23.5. The Bertz CT molecular complexity index is 864. The molecule has 0 aliphatic carbocycles. The third kappa shape index (κ3) is 5.72. The fourth-order valence-corrected chi connectivity index (χ4v) is 4.43. The Morgan fingerprint density at radius 2 is 1.97 bits per heavy atom. The van der Waals surface area contributed by atoms with Gasteiger partial charge in [-0.15, -0.1) is 0 Å². The second kappa shape index (κ2) is 10.1. The van der Waals surface area contributed by atoms with Gasteiger partial charge >= 0.3 is 6.09 Å². The van der Waals surface area contributed by atoms with Crippen molar-refractivity contribution in [2.45, 2.75) is 77.2 Å². The summed E-state index contributed by atoms with van der Waals surface area (Å²) < 4.78 is 5.51.